The van der Waals surface area contributed by atoms with Crippen molar-refractivity contribution in [3.8, 4) is 0 Å². The topological polar surface area (TPSA) is 55.4 Å². The number of esters is 2. The van der Waals surface area contributed by atoms with Crippen LogP contribution in [0.25, 0.3) is 0 Å². The zero-order chi connectivity index (χ0) is 13.8. The summed E-state index contributed by atoms with van der Waals surface area (Å²) in [6.07, 6.45) is 2.54. The number of carbonyl (C=O) groups excluding carboxylic acids is 2. The fourth-order valence-corrected chi connectivity index (χ4v) is 2.14. The molecule has 1 rings (SSSR count). The van der Waals surface area contributed by atoms with E-state index in [2.05, 4.69) is 12.2 Å². The van der Waals surface area contributed by atoms with Crippen LogP contribution in [0.3, 0.4) is 0 Å². The lowest BCUT2D eigenvalue weighted by atomic mass is 9.84. The molecule has 1 N–H and O–H groups in total. The molecule has 1 saturated heterocycles. The molecule has 0 unspecified atom stereocenters. The first-order valence-corrected chi connectivity index (χ1v) is 6.76. The lowest BCUT2D eigenvalue weighted by Gasteiger charge is -2.27. The Balaban J connectivity index is 2.37. The lowest BCUT2D eigenvalue weighted by molar-refractivity contribution is -0.166. The third kappa shape index (κ3) is 4.77. The molecule has 0 aliphatic carbocycles. The first-order chi connectivity index (χ1) is 8.30. The molecule has 0 bridgehead atoms. The maximum absolute atomic E-state index is 11.7. The van der Waals surface area contributed by atoms with Crippen LogP contribution in [0.15, 0.2) is 0 Å². The third-order valence-corrected chi connectivity index (χ3v) is 3.50. The highest BCUT2D eigenvalue weighted by Gasteiger charge is 2.28. The first kappa shape index (κ1) is 15.2. The van der Waals surface area contributed by atoms with Gasteiger partial charge in [0.25, 0.3) is 0 Å². The van der Waals surface area contributed by atoms with Gasteiger partial charge in [0.1, 0.15) is 0 Å². The molecule has 0 spiro atoms. The Labute approximate surface area is 109 Å². The molecule has 4 nitrogen and oxygen atoms in total. The van der Waals surface area contributed by atoms with Crippen LogP contribution in [-0.2, 0) is 14.3 Å². The van der Waals surface area contributed by atoms with Crippen LogP contribution >= 0.6 is 0 Å². The molecule has 1 atom stereocenters. The molecule has 18 heavy (non-hydrogen) atoms. The summed E-state index contributed by atoms with van der Waals surface area (Å²) in [4.78, 5) is 23.3. The molecule has 0 saturated carbocycles. The maximum Gasteiger partial charge on any atom is 0.318 e. The Hall–Kier alpha value is -0.900. The first-order valence-electron chi connectivity index (χ1n) is 6.76. The molecular formula is C14H25NO3. The minimum atomic E-state index is -0.617. The average Bonchev–Trinajstić information content (AvgIpc) is 2.28. The molecule has 0 amide bonds. The van der Waals surface area contributed by atoms with E-state index in [-0.39, 0.29) is 11.9 Å². The van der Waals surface area contributed by atoms with E-state index in [4.69, 9.17) is 4.74 Å². The molecule has 0 aromatic rings. The lowest BCUT2D eigenvalue weighted by Crippen LogP contribution is -2.32. The fraction of sp³-hybridized carbons (Fsp3) is 0.857. The van der Waals surface area contributed by atoms with E-state index in [1.54, 1.807) is 20.8 Å². The minimum Gasteiger partial charge on any atom is -0.393 e. The van der Waals surface area contributed by atoms with E-state index in [1.807, 2.05) is 0 Å². The summed E-state index contributed by atoms with van der Waals surface area (Å²) in [5.41, 5.74) is -0.617. The molecule has 1 aliphatic heterocycles. The van der Waals surface area contributed by atoms with Gasteiger partial charge in [0.2, 0.25) is 0 Å². The second-order valence-electron chi connectivity index (χ2n) is 6.28. The number of carbonyl (C=O) groups is 2. The Morgan fingerprint density at radius 1 is 1.28 bits per heavy atom. The van der Waals surface area contributed by atoms with Gasteiger partial charge in [-0.05, 0) is 58.5 Å². The minimum absolute atomic E-state index is 0.285. The zero-order valence-electron chi connectivity index (χ0n) is 11.9. The summed E-state index contributed by atoms with van der Waals surface area (Å²) in [7, 11) is 0. The standard InChI is InChI=1S/C14H25NO3/c1-10(11-5-7-15-8-6-11)9-12(16)18-13(17)14(2,3)4/h10-11,15H,5-9H2,1-4H3/t10-/m1/s1. The Morgan fingerprint density at radius 2 is 1.83 bits per heavy atom. The van der Waals surface area contributed by atoms with Gasteiger partial charge in [0, 0.05) is 6.42 Å². The van der Waals surface area contributed by atoms with Crippen molar-refractivity contribution >= 4 is 11.9 Å². The maximum atomic E-state index is 11.7. The number of nitrogens with one attached hydrogen (secondary N) is 1. The summed E-state index contributed by atoms with van der Waals surface area (Å²) in [5, 5.41) is 3.30. The molecule has 4 heteroatoms. The highest BCUT2D eigenvalue weighted by atomic mass is 16.6. The summed E-state index contributed by atoms with van der Waals surface area (Å²) >= 11 is 0. The summed E-state index contributed by atoms with van der Waals surface area (Å²) in [6.45, 7) is 9.35. The van der Waals surface area contributed by atoms with Crippen molar-refractivity contribution < 1.29 is 14.3 Å². The number of piperidine rings is 1. The van der Waals surface area contributed by atoms with E-state index in [0.29, 0.717) is 12.3 Å². The van der Waals surface area contributed by atoms with Gasteiger partial charge >= 0.3 is 11.9 Å². The highest BCUT2D eigenvalue weighted by molar-refractivity contribution is 5.88. The van der Waals surface area contributed by atoms with Crippen LogP contribution in [0.1, 0.15) is 47.0 Å². The van der Waals surface area contributed by atoms with E-state index in [9.17, 15) is 9.59 Å². The van der Waals surface area contributed by atoms with Crippen molar-refractivity contribution in [2.45, 2.75) is 47.0 Å². The Morgan fingerprint density at radius 3 is 2.33 bits per heavy atom. The number of ether oxygens (including phenoxy) is 1. The summed E-state index contributed by atoms with van der Waals surface area (Å²) in [6, 6.07) is 0. The van der Waals surface area contributed by atoms with Crippen LogP contribution in [0.2, 0.25) is 0 Å². The monoisotopic (exact) mass is 255 g/mol. The van der Waals surface area contributed by atoms with Gasteiger partial charge in [-0.3, -0.25) is 9.59 Å². The van der Waals surface area contributed by atoms with Gasteiger partial charge in [-0.15, -0.1) is 0 Å². The van der Waals surface area contributed by atoms with Crippen LogP contribution in [-0.4, -0.2) is 25.0 Å². The molecule has 0 aromatic heterocycles. The molecule has 1 heterocycles. The van der Waals surface area contributed by atoms with Crippen molar-refractivity contribution in [2.75, 3.05) is 13.1 Å². The van der Waals surface area contributed by atoms with Crippen LogP contribution in [0.5, 0.6) is 0 Å². The predicted molar refractivity (Wildman–Crippen MR) is 69.9 cm³/mol. The fourth-order valence-electron chi connectivity index (χ4n) is 2.14. The van der Waals surface area contributed by atoms with E-state index >= 15 is 0 Å². The zero-order valence-corrected chi connectivity index (χ0v) is 11.9. The Kier molecular flexibility index (Phi) is 5.32. The smallest absolute Gasteiger partial charge is 0.318 e. The van der Waals surface area contributed by atoms with E-state index < -0.39 is 11.4 Å². The largest absolute Gasteiger partial charge is 0.393 e. The molecule has 104 valence electrons. The van der Waals surface area contributed by atoms with Gasteiger partial charge in [-0.2, -0.15) is 0 Å². The van der Waals surface area contributed by atoms with Gasteiger partial charge in [0.15, 0.2) is 0 Å². The van der Waals surface area contributed by atoms with Crippen molar-refractivity contribution in [3.05, 3.63) is 0 Å². The van der Waals surface area contributed by atoms with Crippen LogP contribution in [0.4, 0.5) is 0 Å². The number of hydrogen-bond acceptors (Lipinski definition) is 4. The van der Waals surface area contributed by atoms with E-state index in [1.165, 1.54) is 0 Å². The van der Waals surface area contributed by atoms with Crippen molar-refractivity contribution in [2.24, 2.45) is 17.3 Å². The molecule has 0 radical (unpaired) electrons. The van der Waals surface area contributed by atoms with Crippen molar-refractivity contribution in [1.82, 2.24) is 5.32 Å². The van der Waals surface area contributed by atoms with Crippen molar-refractivity contribution in [1.29, 1.82) is 0 Å². The number of rotatable bonds is 3. The second-order valence-corrected chi connectivity index (χ2v) is 6.28. The van der Waals surface area contributed by atoms with Gasteiger partial charge in [0.05, 0.1) is 5.41 Å². The normalized spacial score (nSPS) is 19.3. The Bertz CT molecular complexity index is 301. The van der Waals surface area contributed by atoms with Gasteiger partial charge in [-0.25, -0.2) is 0 Å². The van der Waals surface area contributed by atoms with Gasteiger partial charge < -0.3 is 10.1 Å². The summed E-state index contributed by atoms with van der Waals surface area (Å²) in [5.74, 6) is 0.0156. The SMILES string of the molecule is C[C@H](CC(=O)OC(=O)C(C)(C)C)C1CCNCC1. The predicted octanol–water partition coefficient (Wildman–Crippen LogP) is 2.13. The number of hydrogen-bond donors (Lipinski definition) is 1. The molecule has 1 aliphatic rings. The average molecular weight is 255 g/mol. The quantitative estimate of drug-likeness (QED) is 0.620. The van der Waals surface area contributed by atoms with Crippen molar-refractivity contribution in [3.63, 3.8) is 0 Å². The van der Waals surface area contributed by atoms with Gasteiger partial charge in [-0.1, -0.05) is 6.92 Å². The second kappa shape index (κ2) is 6.32. The third-order valence-electron chi connectivity index (χ3n) is 3.50. The van der Waals surface area contributed by atoms with Crippen LogP contribution in [0, 0.1) is 17.3 Å². The van der Waals surface area contributed by atoms with E-state index in [0.717, 1.165) is 25.9 Å². The summed E-state index contributed by atoms with van der Waals surface area (Å²) < 4.78 is 4.88. The molecule has 1 fully saturated rings. The molecule has 0 aromatic carbocycles. The highest BCUT2D eigenvalue weighted by Crippen LogP contribution is 2.25. The molecular weight excluding hydrogens is 230 g/mol. The van der Waals surface area contributed by atoms with Crippen LogP contribution < -0.4 is 5.32 Å².